The molecule has 2 aromatic carbocycles. The topological polar surface area (TPSA) is 21.3 Å². The van der Waals surface area contributed by atoms with Gasteiger partial charge in [-0.25, -0.2) is 0 Å². The molecule has 0 aliphatic heterocycles. The fourth-order valence-corrected chi connectivity index (χ4v) is 2.36. The molecule has 0 heterocycles. The maximum absolute atomic E-state index is 6.17. The monoisotopic (exact) mass is 295 g/mol. The largest absolute Gasteiger partial charge is 0.495 e. The summed E-state index contributed by atoms with van der Waals surface area (Å²) in [6.07, 6.45) is 0. The Morgan fingerprint density at radius 1 is 1.05 bits per heavy atom. The van der Waals surface area contributed by atoms with Crippen LogP contribution in [0.1, 0.15) is 11.1 Å². The Morgan fingerprint density at radius 2 is 1.84 bits per heavy atom. The van der Waals surface area contributed by atoms with Gasteiger partial charge in [0.25, 0.3) is 0 Å². The van der Waals surface area contributed by atoms with Gasteiger partial charge in [-0.15, -0.1) is 0 Å². The molecule has 0 aliphatic rings. The van der Waals surface area contributed by atoms with Crippen molar-refractivity contribution in [2.45, 2.75) is 13.5 Å². The molecule has 0 radical (unpaired) electrons. The van der Waals surface area contributed by atoms with Gasteiger partial charge in [-0.05, 0) is 42.3 Å². The highest BCUT2D eigenvalue weighted by molar-refractivity contribution is 6.33. The van der Waals surface area contributed by atoms with Crippen LogP contribution in [-0.4, -0.2) is 7.11 Å². The lowest BCUT2D eigenvalue weighted by atomic mass is 10.2. The highest BCUT2D eigenvalue weighted by Crippen LogP contribution is 2.26. The summed E-state index contributed by atoms with van der Waals surface area (Å²) in [5, 5.41) is 4.62. The van der Waals surface area contributed by atoms with Gasteiger partial charge in [-0.1, -0.05) is 35.3 Å². The average molecular weight is 296 g/mol. The third-order valence-electron chi connectivity index (χ3n) is 2.82. The Labute approximate surface area is 123 Å². The summed E-state index contributed by atoms with van der Waals surface area (Å²) in [6.45, 7) is 2.67. The molecular formula is C15H15Cl2NO. The van der Waals surface area contributed by atoms with E-state index in [1.165, 1.54) is 0 Å². The maximum Gasteiger partial charge on any atom is 0.137 e. The second-order valence-corrected chi connectivity index (χ2v) is 5.12. The van der Waals surface area contributed by atoms with E-state index in [1.54, 1.807) is 7.11 Å². The van der Waals surface area contributed by atoms with Crippen molar-refractivity contribution in [1.82, 2.24) is 0 Å². The number of benzene rings is 2. The molecule has 2 rings (SSSR count). The van der Waals surface area contributed by atoms with Crippen LogP contribution in [-0.2, 0) is 6.54 Å². The SMILES string of the molecule is COc1ccc(CNc2ccc(C)cc2Cl)cc1Cl. The Morgan fingerprint density at radius 3 is 2.47 bits per heavy atom. The summed E-state index contributed by atoms with van der Waals surface area (Å²) >= 11 is 12.3. The first kappa shape index (κ1) is 14.0. The summed E-state index contributed by atoms with van der Waals surface area (Å²) < 4.78 is 5.12. The van der Waals surface area contributed by atoms with Gasteiger partial charge in [0, 0.05) is 6.54 Å². The third-order valence-corrected chi connectivity index (χ3v) is 3.43. The van der Waals surface area contributed by atoms with Gasteiger partial charge in [0.15, 0.2) is 0 Å². The normalized spacial score (nSPS) is 10.3. The molecule has 2 nitrogen and oxygen atoms in total. The number of anilines is 1. The van der Waals surface area contributed by atoms with Crippen molar-refractivity contribution in [2.24, 2.45) is 0 Å². The number of hydrogen-bond donors (Lipinski definition) is 1. The van der Waals surface area contributed by atoms with Crippen LogP contribution in [0.3, 0.4) is 0 Å². The number of aryl methyl sites for hydroxylation is 1. The standard InChI is InChI=1S/C15H15Cl2NO/c1-10-3-5-14(12(16)7-10)18-9-11-4-6-15(19-2)13(17)8-11/h3-8,18H,9H2,1-2H3. The molecule has 4 heteroatoms. The highest BCUT2D eigenvalue weighted by Gasteiger charge is 2.03. The van der Waals surface area contributed by atoms with Crippen molar-refractivity contribution >= 4 is 28.9 Å². The average Bonchev–Trinajstić information content (AvgIpc) is 2.38. The summed E-state index contributed by atoms with van der Waals surface area (Å²) in [5.74, 6) is 0.679. The first-order chi connectivity index (χ1) is 9.10. The first-order valence-electron chi connectivity index (χ1n) is 5.92. The minimum atomic E-state index is 0.608. The van der Waals surface area contributed by atoms with Gasteiger partial charge >= 0.3 is 0 Å². The maximum atomic E-state index is 6.17. The van der Waals surface area contributed by atoms with Crippen LogP contribution >= 0.6 is 23.2 Å². The van der Waals surface area contributed by atoms with Crippen molar-refractivity contribution in [3.63, 3.8) is 0 Å². The van der Waals surface area contributed by atoms with Crippen LogP contribution in [0.15, 0.2) is 36.4 Å². The molecule has 0 aliphatic carbocycles. The lowest BCUT2D eigenvalue weighted by molar-refractivity contribution is 0.415. The van der Waals surface area contributed by atoms with Gasteiger partial charge in [-0.2, -0.15) is 0 Å². The van der Waals surface area contributed by atoms with Crippen molar-refractivity contribution < 1.29 is 4.74 Å². The van der Waals surface area contributed by atoms with E-state index in [-0.39, 0.29) is 0 Å². The molecule has 0 spiro atoms. The number of methoxy groups -OCH3 is 1. The molecule has 0 fully saturated rings. The van der Waals surface area contributed by atoms with Crippen molar-refractivity contribution in [3.05, 3.63) is 57.6 Å². The number of ether oxygens (including phenoxy) is 1. The second kappa shape index (κ2) is 6.18. The number of rotatable bonds is 4. The summed E-state index contributed by atoms with van der Waals surface area (Å²) in [6, 6.07) is 11.6. The zero-order valence-electron chi connectivity index (χ0n) is 10.8. The predicted molar refractivity (Wildman–Crippen MR) is 81.5 cm³/mol. The molecule has 0 unspecified atom stereocenters. The van der Waals surface area contributed by atoms with Crippen molar-refractivity contribution in [2.75, 3.05) is 12.4 Å². The smallest absolute Gasteiger partial charge is 0.137 e. The van der Waals surface area contributed by atoms with E-state index in [0.717, 1.165) is 21.8 Å². The van der Waals surface area contributed by atoms with Crippen LogP contribution in [0.4, 0.5) is 5.69 Å². The molecule has 2 aromatic rings. The molecular weight excluding hydrogens is 281 g/mol. The zero-order chi connectivity index (χ0) is 13.8. The van der Waals surface area contributed by atoms with Crippen molar-refractivity contribution in [1.29, 1.82) is 0 Å². The van der Waals surface area contributed by atoms with E-state index in [1.807, 2.05) is 43.3 Å². The molecule has 0 aromatic heterocycles. The second-order valence-electron chi connectivity index (χ2n) is 4.31. The Balaban J connectivity index is 2.08. The van der Waals surface area contributed by atoms with Crippen molar-refractivity contribution in [3.8, 4) is 5.75 Å². The molecule has 0 amide bonds. The fourth-order valence-electron chi connectivity index (χ4n) is 1.78. The fraction of sp³-hybridized carbons (Fsp3) is 0.200. The lowest BCUT2D eigenvalue weighted by Gasteiger charge is -2.10. The third kappa shape index (κ3) is 3.55. The lowest BCUT2D eigenvalue weighted by Crippen LogP contribution is -2.00. The van der Waals surface area contributed by atoms with Crippen LogP contribution in [0.5, 0.6) is 5.75 Å². The van der Waals surface area contributed by atoms with Gasteiger partial charge in [0.1, 0.15) is 5.75 Å². The quantitative estimate of drug-likeness (QED) is 0.864. The van der Waals surface area contributed by atoms with Crippen LogP contribution in [0.2, 0.25) is 10.0 Å². The molecule has 0 saturated carbocycles. The first-order valence-corrected chi connectivity index (χ1v) is 6.68. The molecule has 0 bridgehead atoms. The number of hydrogen-bond acceptors (Lipinski definition) is 2. The van der Waals surface area contributed by atoms with Crippen LogP contribution < -0.4 is 10.1 Å². The molecule has 19 heavy (non-hydrogen) atoms. The molecule has 1 N–H and O–H groups in total. The Hall–Kier alpha value is -1.38. The number of halogens is 2. The predicted octanol–water partition coefficient (Wildman–Crippen LogP) is 4.92. The van der Waals surface area contributed by atoms with E-state index in [0.29, 0.717) is 17.3 Å². The van der Waals surface area contributed by atoms with Gasteiger partial charge in [-0.3, -0.25) is 0 Å². The van der Waals surface area contributed by atoms with Gasteiger partial charge in [0.05, 0.1) is 22.8 Å². The van der Waals surface area contributed by atoms with E-state index >= 15 is 0 Å². The van der Waals surface area contributed by atoms with Crippen LogP contribution in [0.25, 0.3) is 0 Å². The summed E-state index contributed by atoms with van der Waals surface area (Å²) in [7, 11) is 1.60. The van der Waals surface area contributed by atoms with Gasteiger partial charge in [0.2, 0.25) is 0 Å². The van der Waals surface area contributed by atoms with E-state index in [9.17, 15) is 0 Å². The minimum Gasteiger partial charge on any atom is -0.495 e. The van der Waals surface area contributed by atoms with Gasteiger partial charge < -0.3 is 10.1 Å². The molecule has 0 atom stereocenters. The Bertz CT molecular complexity index is 584. The molecule has 100 valence electrons. The number of nitrogens with one attached hydrogen (secondary N) is 1. The summed E-state index contributed by atoms with van der Waals surface area (Å²) in [5.41, 5.74) is 3.13. The van der Waals surface area contributed by atoms with E-state index in [2.05, 4.69) is 5.32 Å². The minimum absolute atomic E-state index is 0.608. The highest BCUT2D eigenvalue weighted by atomic mass is 35.5. The van der Waals surface area contributed by atoms with E-state index in [4.69, 9.17) is 27.9 Å². The van der Waals surface area contributed by atoms with Crippen LogP contribution in [0, 0.1) is 6.92 Å². The summed E-state index contributed by atoms with van der Waals surface area (Å²) in [4.78, 5) is 0. The Kier molecular flexibility index (Phi) is 4.56. The zero-order valence-corrected chi connectivity index (χ0v) is 12.3. The molecule has 0 saturated heterocycles. The van der Waals surface area contributed by atoms with E-state index < -0.39 is 0 Å².